The van der Waals surface area contributed by atoms with Crippen LogP contribution in [0.2, 0.25) is 0 Å². The summed E-state index contributed by atoms with van der Waals surface area (Å²) in [5.41, 5.74) is 1.51. The Morgan fingerprint density at radius 3 is 2.17 bits per heavy atom. The van der Waals surface area contributed by atoms with E-state index in [0.29, 0.717) is 16.2 Å². The number of aromatic hydroxyl groups is 1. The third-order valence-corrected chi connectivity index (χ3v) is 3.16. The molecule has 0 aliphatic carbocycles. The molecule has 3 nitrogen and oxygen atoms in total. The Hall–Kier alpha value is -1.81. The summed E-state index contributed by atoms with van der Waals surface area (Å²) in [6.45, 7) is 0. The van der Waals surface area contributed by atoms with Crippen LogP contribution in [0.25, 0.3) is 11.1 Å². The minimum Gasteiger partial charge on any atom is -0.507 e. The van der Waals surface area contributed by atoms with Crippen molar-refractivity contribution in [2.75, 3.05) is 14.2 Å². The van der Waals surface area contributed by atoms with E-state index < -0.39 is 0 Å². The summed E-state index contributed by atoms with van der Waals surface area (Å²) in [4.78, 5) is 0.614. The van der Waals surface area contributed by atoms with E-state index in [1.807, 2.05) is 24.3 Å². The molecule has 0 radical (unpaired) electrons. The molecule has 0 aliphatic rings. The van der Waals surface area contributed by atoms with Gasteiger partial charge in [-0.2, -0.15) is 0 Å². The Balaban J connectivity index is 2.55. The molecule has 2 aromatic rings. The smallest absolute Gasteiger partial charge is 0.133 e. The Labute approximate surface area is 111 Å². The molecule has 94 valence electrons. The highest BCUT2D eigenvalue weighted by atomic mass is 32.1. The van der Waals surface area contributed by atoms with E-state index in [-0.39, 0.29) is 5.75 Å². The van der Waals surface area contributed by atoms with Crippen LogP contribution in [0.4, 0.5) is 0 Å². The number of methoxy groups -OCH3 is 2. The van der Waals surface area contributed by atoms with Crippen molar-refractivity contribution in [3.8, 4) is 28.4 Å². The van der Waals surface area contributed by atoms with Crippen LogP contribution >= 0.6 is 12.6 Å². The molecule has 0 aromatic heterocycles. The van der Waals surface area contributed by atoms with E-state index in [1.54, 1.807) is 26.4 Å². The van der Waals surface area contributed by atoms with Gasteiger partial charge in [0.2, 0.25) is 0 Å². The number of phenolic OH excluding ortho intramolecular Hbond substituents is 1. The molecule has 0 bridgehead atoms. The third-order valence-electron chi connectivity index (χ3n) is 2.72. The third kappa shape index (κ3) is 2.24. The number of ether oxygens (including phenoxy) is 2. The zero-order valence-corrected chi connectivity index (χ0v) is 11.1. The highest BCUT2D eigenvalue weighted by Gasteiger charge is 2.12. The van der Waals surface area contributed by atoms with Gasteiger partial charge in [0.15, 0.2) is 0 Å². The van der Waals surface area contributed by atoms with Gasteiger partial charge in [-0.3, -0.25) is 0 Å². The fraction of sp³-hybridized carbons (Fsp3) is 0.143. The van der Waals surface area contributed by atoms with Crippen molar-refractivity contribution in [2.24, 2.45) is 0 Å². The van der Waals surface area contributed by atoms with Gasteiger partial charge in [-0.1, -0.05) is 12.1 Å². The molecular formula is C14H14O3S. The Morgan fingerprint density at radius 2 is 1.61 bits per heavy atom. The SMILES string of the molecule is COc1ccc(-c2c(O)ccc(OC)c2S)cc1. The molecule has 0 fully saturated rings. The first-order valence-corrected chi connectivity index (χ1v) is 5.85. The topological polar surface area (TPSA) is 38.7 Å². The predicted molar refractivity (Wildman–Crippen MR) is 73.9 cm³/mol. The maximum Gasteiger partial charge on any atom is 0.133 e. The number of benzene rings is 2. The molecule has 2 aromatic carbocycles. The fourth-order valence-electron chi connectivity index (χ4n) is 1.77. The summed E-state index contributed by atoms with van der Waals surface area (Å²) in [5.74, 6) is 1.56. The van der Waals surface area contributed by atoms with Gasteiger partial charge in [-0.05, 0) is 29.8 Å². The quantitative estimate of drug-likeness (QED) is 0.833. The molecule has 0 saturated heterocycles. The highest BCUT2D eigenvalue weighted by molar-refractivity contribution is 7.80. The van der Waals surface area contributed by atoms with Crippen LogP contribution in [0, 0.1) is 0 Å². The standard InChI is InChI=1S/C14H14O3S/c1-16-10-5-3-9(4-6-10)13-11(15)7-8-12(17-2)14(13)18/h3-8,15,18H,1-2H3. The summed E-state index contributed by atoms with van der Waals surface area (Å²) in [5, 5.41) is 9.96. The molecular weight excluding hydrogens is 248 g/mol. The average molecular weight is 262 g/mol. The lowest BCUT2D eigenvalue weighted by atomic mass is 10.0. The van der Waals surface area contributed by atoms with Gasteiger partial charge in [-0.25, -0.2) is 0 Å². The van der Waals surface area contributed by atoms with Crippen LogP contribution in [0.3, 0.4) is 0 Å². The molecule has 4 heteroatoms. The largest absolute Gasteiger partial charge is 0.507 e. The summed E-state index contributed by atoms with van der Waals surface area (Å²) in [6.07, 6.45) is 0. The van der Waals surface area contributed by atoms with Gasteiger partial charge in [0, 0.05) is 5.56 Å². The van der Waals surface area contributed by atoms with E-state index in [2.05, 4.69) is 12.6 Å². The van der Waals surface area contributed by atoms with Crippen molar-refractivity contribution >= 4 is 12.6 Å². The first-order chi connectivity index (χ1) is 8.67. The lowest BCUT2D eigenvalue weighted by Gasteiger charge is -2.12. The molecule has 0 aliphatic heterocycles. The van der Waals surface area contributed by atoms with Gasteiger partial charge >= 0.3 is 0 Å². The van der Waals surface area contributed by atoms with Crippen molar-refractivity contribution in [3.63, 3.8) is 0 Å². The number of hydrogen-bond acceptors (Lipinski definition) is 4. The highest BCUT2D eigenvalue weighted by Crippen LogP contribution is 2.40. The second-order valence-electron chi connectivity index (χ2n) is 3.74. The second-order valence-corrected chi connectivity index (χ2v) is 4.19. The van der Waals surface area contributed by atoms with E-state index in [9.17, 15) is 5.11 Å². The molecule has 0 saturated carbocycles. The monoisotopic (exact) mass is 262 g/mol. The molecule has 0 unspecified atom stereocenters. The molecule has 0 spiro atoms. The van der Waals surface area contributed by atoms with Crippen LogP contribution in [-0.2, 0) is 0 Å². The maximum absolute atomic E-state index is 9.96. The van der Waals surface area contributed by atoms with Crippen molar-refractivity contribution in [1.29, 1.82) is 0 Å². The van der Waals surface area contributed by atoms with Crippen LogP contribution < -0.4 is 9.47 Å². The molecule has 0 amide bonds. The molecule has 18 heavy (non-hydrogen) atoms. The van der Waals surface area contributed by atoms with E-state index in [4.69, 9.17) is 9.47 Å². The van der Waals surface area contributed by atoms with E-state index in [0.717, 1.165) is 11.3 Å². The predicted octanol–water partition coefficient (Wildman–Crippen LogP) is 3.37. The average Bonchev–Trinajstić information content (AvgIpc) is 2.40. The molecule has 1 N–H and O–H groups in total. The Morgan fingerprint density at radius 1 is 0.944 bits per heavy atom. The zero-order valence-electron chi connectivity index (χ0n) is 10.2. The summed E-state index contributed by atoms with van der Waals surface area (Å²) in [7, 11) is 3.19. The zero-order chi connectivity index (χ0) is 13.1. The molecule has 2 rings (SSSR count). The molecule has 0 atom stereocenters. The summed E-state index contributed by atoms with van der Waals surface area (Å²) in [6, 6.07) is 10.7. The summed E-state index contributed by atoms with van der Waals surface area (Å²) < 4.78 is 10.3. The van der Waals surface area contributed by atoms with Crippen molar-refractivity contribution in [3.05, 3.63) is 36.4 Å². The van der Waals surface area contributed by atoms with Crippen LogP contribution in [0.15, 0.2) is 41.3 Å². The lowest BCUT2D eigenvalue weighted by molar-refractivity contribution is 0.402. The minimum atomic E-state index is 0.172. The van der Waals surface area contributed by atoms with Crippen molar-refractivity contribution in [2.45, 2.75) is 4.90 Å². The van der Waals surface area contributed by atoms with Crippen LogP contribution in [0.1, 0.15) is 0 Å². The van der Waals surface area contributed by atoms with Gasteiger partial charge in [0.1, 0.15) is 17.2 Å². The van der Waals surface area contributed by atoms with Gasteiger partial charge in [-0.15, -0.1) is 12.6 Å². The fourth-order valence-corrected chi connectivity index (χ4v) is 2.18. The van der Waals surface area contributed by atoms with Crippen LogP contribution in [0.5, 0.6) is 17.2 Å². The number of hydrogen-bond donors (Lipinski definition) is 2. The lowest BCUT2D eigenvalue weighted by Crippen LogP contribution is -1.89. The van der Waals surface area contributed by atoms with E-state index >= 15 is 0 Å². The minimum absolute atomic E-state index is 0.172. The number of phenols is 1. The Bertz CT molecular complexity index is 550. The van der Waals surface area contributed by atoms with E-state index in [1.165, 1.54) is 0 Å². The van der Waals surface area contributed by atoms with Gasteiger partial charge < -0.3 is 14.6 Å². The first-order valence-electron chi connectivity index (χ1n) is 5.40. The molecule has 0 heterocycles. The van der Waals surface area contributed by atoms with Crippen molar-refractivity contribution < 1.29 is 14.6 Å². The number of rotatable bonds is 3. The van der Waals surface area contributed by atoms with Gasteiger partial charge in [0.25, 0.3) is 0 Å². The first kappa shape index (κ1) is 12.6. The number of thiol groups is 1. The maximum atomic E-state index is 9.96. The van der Waals surface area contributed by atoms with Gasteiger partial charge in [0.05, 0.1) is 19.1 Å². The Kier molecular flexibility index (Phi) is 3.67. The van der Waals surface area contributed by atoms with Crippen molar-refractivity contribution in [1.82, 2.24) is 0 Å². The van der Waals surface area contributed by atoms with Crippen LogP contribution in [-0.4, -0.2) is 19.3 Å². The normalized spacial score (nSPS) is 10.2. The second kappa shape index (κ2) is 5.23. The summed E-state index contributed by atoms with van der Waals surface area (Å²) >= 11 is 4.41.